The molecule has 8 heteroatoms. The molecule has 2 amide bonds. The lowest BCUT2D eigenvalue weighted by molar-refractivity contribution is 0.0232. The van der Waals surface area contributed by atoms with Gasteiger partial charge in [-0.25, -0.2) is 9.18 Å². The van der Waals surface area contributed by atoms with E-state index in [0.717, 1.165) is 5.56 Å². The number of fused-ring (bicyclic) bond motifs is 1. The number of carbonyl (C=O) groups is 2. The molecule has 0 aliphatic heterocycles. The van der Waals surface area contributed by atoms with Gasteiger partial charge in [-0.05, 0) is 63.9 Å². The van der Waals surface area contributed by atoms with Crippen LogP contribution in [-0.2, 0) is 11.3 Å². The monoisotopic (exact) mass is 452 g/mol. The number of rotatable bonds is 7. The number of carbonyl (C=O) groups excluding carboxylic acids is 2. The van der Waals surface area contributed by atoms with Crippen molar-refractivity contribution in [2.75, 3.05) is 13.1 Å². The van der Waals surface area contributed by atoms with Gasteiger partial charge in [0.2, 0.25) is 0 Å². The Hall–Kier alpha value is -3.55. The molecule has 3 rings (SSSR count). The Kier molecular flexibility index (Phi) is 7.58. The molecule has 0 saturated carbocycles. The van der Waals surface area contributed by atoms with Crippen LogP contribution in [0.15, 0.2) is 48.8 Å². The second-order valence-corrected chi connectivity index (χ2v) is 8.85. The van der Waals surface area contributed by atoms with Gasteiger partial charge in [-0.1, -0.05) is 6.07 Å². The molecule has 0 aliphatic carbocycles. The molecule has 7 nitrogen and oxygen atoms in total. The third kappa shape index (κ3) is 6.97. The number of halogens is 1. The minimum absolute atomic E-state index is 0.270. The predicted octanol–water partition coefficient (Wildman–Crippen LogP) is 4.63. The van der Waals surface area contributed by atoms with Crippen molar-refractivity contribution >= 4 is 22.9 Å². The number of nitrogens with one attached hydrogen (secondary N) is 1. The molecule has 174 valence electrons. The minimum atomic E-state index is -0.613. The molecular weight excluding hydrogens is 423 g/mol. The molecule has 0 saturated heterocycles. The van der Waals surface area contributed by atoms with Gasteiger partial charge in [0.05, 0.1) is 17.6 Å². The van der Waals surface area contributed by atoms with E-state index in [-0.39, 0.29) is 5.91 Å². The number of amides is 2. The van der Waals surface area contributed by atoms with E-state index >= 15 is 0 Å². The molecule has 33 heavy (non-hydrogen) atoms. The predicted molar refractivity (Wildman–Crippen MR) is 124 cm³/mol. The van der Waals surface area contributed by atoms with Crippen LogP contribution in [0, 0.1) is 12.7 Å². The standard InChI is InChI=1S/C25H29FN4O3/c1-17-13-21(20-9-8-19(26)14-22(20)29-17)23(31)28-11-6-12-30(24(32)33-25(2,3)4)16-18-7-5-10-27-15-18/h5,7-10,13-15H,6,11-12,16H2,1-4H3,(H,28,31). The second kappa shape index (κ2) is 10.4. The van der Waals surface area contributed by atoms with E-state index in [1.165, 1.54) is 12.1 Å². The summed E-state index contributed by atoms with van der Waals surface area (Å²) in [5.41, 5.74) is 1.78. The largest absolute Gasteiger partial charge is 0.444 e. The van der Waals surface area contributed by atoms with Crippen LogP contribution >= 0.6 is 0 Å². The number of aryl methyl sites for hydroxylation is 1. The molecule has 0 aliphatic rings. The molecule has 2 aromatic heterocycles. The summed E-state index contributed by atoms with van der Waals surface area (Å²) in [5.74, 6) is -0.670. The van der Waals surface area contributed by atoms with E-state index < -0.39 is 17.5 Å². The average Bonchev–Trinajstić information content (AvgIpc) is 2.74. The Morgan fingerprint density at radius 1 is 1.18 bits per heavy atom. The summed E-state index contributed by atoms with van der Waals surface area (Å²) in [5, 5.41) is 3.48. The summed E-state index contributed by atoms with van der Waals surface area (Å²) in [6.45, 7) is 8.33. The highest BCUT2D eigenvalue weighted by atomic mass is 19.1. The first-order chi connectivity index (χ1) is 15.6. The quantitative estimate of drug-likeness (QED) is 0.528. The van der Waals surface area contributed by atoms with Crippen molar-refractivity contribution in [3.63, 3.8) is 0 Å². The number of pyridine rings is 2. The smallest absolute Gasteiger partial charge is 0.410 e. The number of hydrogen-bond acceptors (Lipinski definition) is 5. The van der Waals surface area contributed by atoms with Crippen molar-refractivity contribution in [1.29, 1.82) is 0 Å². The Bertz CT molecular complexity index is 1120. The van der Waals surface area contributed by atoms with E-state index in [9.17, 15) is 14.0 Å². The topological polar surface area (TPSA) is 84.4 Å². The minimum Gasteiger partial charge on any atom is -0.444 e. The van der Waals surface area contributed by atoms with Crippen molar-refractivity contribution in [2.45, 2.75) is 46.3 Å². The van der Waals surface area contributed by atoms with E-state index in [1.54, 1.807) is 36.4 Å². The lowest BCUT2D eigenvalue weighted by Crippen LogP contribution is -2.38. The Morgan fingerprint density at radius 2 is 1.97 bits per heavy atom. The molecule has 2 heterocycles. The molecule has 3 aromatic rings. The van der Waals surface area contributed by atoms with E-state index in [0.29, 0.717) is 48.2 Å². The summed E-state index contributed by atoms with van der Waals surface area (Å²) < 4.78 is 19.1. The molecule has 1 N–H and O–H groups in total. The van der Waals surface area contributed by atoms with Gasteiger partial charge in [0.25, 0.3) is 5.91 Å². The summed E-state index contributed by atoms with van der Waals surface area (Å²) in [6.07, 6.45) is 3.49. The Balaban J connectivity index is 1.63. The molecule has 0 radical (unpaired) electrons. The van der Waals surface area contributed by atoms with Crippen LogP contribution in [0.25, 0.3) is 10.9 Å². The number of hydrogen-bond donors (Lipinski definition) is 1. The van der Waals surface area contributed by atoms with Gasteiger partial charge < -0.3 is 15.0 Å². The lowest BCUT2D eigenvalue weighted by Gasteiger charge is -2.27. The summed E-state index contributed by atoms with van der Waals surface area (Å²) in [7, 11) is 0. The van der Waals surface area contributed by atoms with Crippen molar-refractivity contribution in [3.05, 3.63) is 71.4 Å². The lowest BCUT2D eigenvalue weighted by atomic mass is 10.1. The van der Waals surface area contributed by atoms with Gasteiger partial charge in [-0.3, -0.25) is 14.8 Å². The van der Waals surface area contributed by atoms with Crippen LogP contribution in [-0.4, -0.2) is 45.6 Å². The fourth-order valence-corrected chi connectivity index (χ4v) is 3.36. The van der Waals surface area contributed by atoms with E-state index in [4.69, 9.17) is 4.74 Å². The molecule has 0 fully saturated rings. The van der Waals surface area contributed by atoms with Gasteiger partial charge in [-0.15, -0.1) is 0 Å². The molecule has 0 atom stereocenters. The number of aromatic nitrogens is 2. The molecule has 1 aromatic carbocycles. The maximum absolute atomic E-state index is 13.6. The van der Waals surface area contributed by atoms with Crippen LogP contribution in [0.3, 0.4) is 0 Å². The highest BCUT2D eigenvalue weighted by Crippen LogP contribution is 2.20. The zero-order valence-electron chi connectivity index (χ0n) is 19.4. The van der Waals surface area contributed by atoms with Gasteiger partial charge in [0.1, 0.15) is 11.4 Å². The summed E-state index contributed by atoms with van der Waals surface area (Å²) in [6, 6.07) is 9.58. The van der Waals surface area contributed by atoms with Gasteiger partial charge in [0, 0.05) is 42.6 Å². The average molecular weight is 453 g/mol. The van der Waals surface area contributed by atoms with Gasteiger partial charge in [0.15, 0.2) is 0 Å². The second-order valence-electron chi connectivity index (χ2n) is 8.85. The number of benzene rings is 1. The van der Waals surface area contributed by atoms with Crippen LogP contribution in [0.4, 0.5) is 9.18 Å². The van der Waals surface area contributed by atoms with Gasteiger partial charge >= 0.3 is 6.09 Å². The van der Waals surface area contributed by atoms with Crippen molar-refractivity contribution < 1.29 is 18.7 Å². The first-order valence-electron chi connectivity index (χ1n) is 10.8. The van der Waals surface area contributed by atoms with Crippen LogP contribution in [0.5, 0.6) is 0 Å². The maximum atomic E-state index is 13.6. The number of ether oxygens (including phenoxy) is 1. The van der Waals surface area contributed by atoms with E-state index in [1.807, 2.05) is 32.9 Å². The Morgan fingerprint density at radius 3 is 2.67 bits per heavy atom. The normalized spacial score (nSPS) is 11.3. The highest BCUT2D eigenvalue weighted by molar-refractivity contribution is 6.06. The molecular formula is C25H29FN4O3. The fourth-order valence-electron chi connectivity index (χ4n) is 3.36. The first kappa shape index (κ1) is 24.1. The first-order valence-corrected chi connectivity index (χ1v) is 10.8. The molecule has 0 bridgehead atoms. The van der Waals surface area contributed by atoms with Gasteiger partial charge in [-0.2, -0.15) is 0 Å². The highest BCUT2D eigenvalue weighted by Gasteiger charge is 2.22. The maximum Gasteiger partial charge on any atom is 0.410 e. The third-order valence-electron chi connectivity index (χ3n) is 4.78. The molecule has 0 spiro atoms. The number of nitrogens with zero attached hydrogens (tertiary/aromatic N) is 3. The SMILES string of the molecule is Cc1cc(C(=O)NCCCN(Cc2cccnc2)C(=O)OC(C)(C)C)c2ccc(F)cc2n1. The van der Waals surface area contributed by atoms with Crippen molar-refractivity contribution in [2.24, 2.45) is 0 Å². The fraction of sp³-hybridized carbons (Fsp3) is 0.360. The molecule has 0 unspecified atom stereocenters. The van der Waals surface area contributed by atoms with Crippen LogP contribution < -0.4 is 5.32 Å². The zero-order chi connectivity index (χ0) is 24.0. The van der Waals surface area contributed by atoms with Crippen LogP contribution in [0.1, 0.15) is 48.8 Å². The van der Waals surface area contributed by atoms with Crippen molar-refractivity contribution in [1.82, 2.24) is 20.2 Å². The zero-order valence-corrected chi connectivity index (χ0v) is 19.4. The Labute approximate surface area is 193 Å². The summed E-state index contributed by atoms with van der Waals surface area (Å²) in [4.78, 5) is 35.5. The third-order valence-corrected chi connectivity index (χ3v) is 4.78. The van der Waals surface area contributed by atoms with E-state index in [2.05, 4.69) is 15.3 Å². The summed E-state index contributed by atoms with van der Waals surface area (Å²) >= 11 is 0. The van der Waals surface area contributed by atoms with Crippen LogP contribution in [0.2, 0.25) is 0 Å². The van der Waals surface area contributed by atoms with Crippen molar-refractivity contribution in [3.8, 4) is 0 Å².